The van der Waals surface area contributed by atoms with Gasteiger partial charge in [-0.3, -0.25) is 10.1 Å². The molecule has 8 nitrogen and oxygen atoms in total. The van der Waals surface area contributed by atoms with Crippen molar-refractivity contribution in [1.82, 2.24) is 30.5 Å². The summed E-state index contributed by atoms with van der Waals surface area (Å²) in [4.78, 5) is 12.6. The average molecular weight is 434 g/mol. The Morgan fingerprint density at radius 2 is 1.90 bits per heavy atom. The van der Waals surface area contributed by atoms with E-state index in [1.165, 1.54) is 22.5 Å². The Labute approximate surface area is 179 Å². The molecule has 10 heteroatoms. The third-order valence-corrected chi connectivity index (χ3v) is 5.80. The number of aromatic nitrogens is 5. The fourth-order valence-electron chi connectivity index (χ4n) is 3.36. The molecule has 1 saturated heterocycles. The van der Waals surface area contributed by atoms with Crippen LogP contribution in [-0.2, 0) is 6.42 Å². The molecule has 2 aromatic heterocycles. The molecule has 3 aromatic rings. The normalized spacial score (nSPS) is 14.4. The molecule has 1 fully saturated rings. The second-order valence-electron chi connectivity index (χ2n) is 7.07. The molecule has 29 heavy (non-hydrogen) atoms. The molecule has 0 spiro atoms. The number of amides is 1. The molecule has 0 aliphatic carbocycles. The number of benzene rings is 1. The molecule has 1 aromatic carbocycles. The van der Waals surface area contributed by atoms with E-state index < -0.39 is 0 Å². The highest BCUT2D eigenvalue weighted by atomic mass is 35.5. The van der Waals surface area contributed by atoms with Gasteiger partial charge in [-0.15, -0.1) is 27.7 Å². The lowest BCUT2D eigenvalue weighted by molar-refractivity contribution is 0.102. The summed E-state index contributed by atoms with van der Waals surface area (Å²) in [6.07, 6.45) is 2.67. The minimum atomic E-state index is -0.296. The molecule has 2 N–H and O–H groups in total. The number of hydrogen-bond donors (Lipinski definition) is 2. The van der Waals surface area contributed by atoms with Crippen LogP contribution in [-0.4, -0.2) is 44.2 Å². The summed E-state index contributed by atoms with van der Waals surface area (Å²) in [7, 11) is 0. The van der Waals surface area contributed by atoms with E-state index in [0.717, 1.165) is 36.6 Å². The van der Waals surface area contributed by atoms with Crippen molar-refractivity contribution in [2.45, 2.75) is 39.2 Å². The zero-order valence-corrected chi connectivity index (χ0v) is 18.0. The Bertz CT molecular complexity index is 963. The van der Waals surface area contributed by atoms with Crippen LogP contribution in [0.25, 0.3) is 0 Å². The van der Waals surface area contributed by atoms with Crippen molar-refractivity contribution in [2.24, 2.45) is 0 Å². The summed E-state index contributed by atoms with van der Waals surface area (Å²) < 4.78 is 1.87. The fourth-order valence-corrected chi connectivity index (χ4v) is 4.13. The first-order valence-corrected chi connectivity index (χ1v) is 10.2. The quantitative estimate of drug-likeness (QED) is 0.642. The van der Waals surface area contributed by atoms with E-state index in [0.29, 0.717) is 17.2 Å². The molecular formula is C19H24ClN7OS. The first-order valence-electron chi connectivity index (χ1n) is 9.42. The topological polar surface area (TPSA) is 97.6 Å². The van der Waals surface area contributed by atoms with E-state index in [1.54, 1.807) is 0 Å². The molecule has 1 aliphatic heterocycles. The number of carbonyl (C=O) groups is 1. The number of aryl methyl sites for hydroxylation is 1. The van der Waals surface area contributed by atoms with Gasteiger partial charge in [-0.2, -0.15) is 0 Å². The number of rotatable bonds is 5. The molecule has 4 rings (SSSR count). The smallest absolute Gasteiger partial charge is 0.279 e. The third kappa shape index (κ3) is 4.98. The van der Waals surface area contributed by atoms with Gasteiger partial charge in [-0.05, 0) is 45.3 Å². The van der Waals surface area contributed by atoms with Crippen LogP contribution >= 0.6 is 23.7 Å². The van der Waals surface area contributed by atoms with Crippen molar-refractivity contribution in [3.8, 4) is 0 Å². The van der Waals surface area contributed by atoms with Crippen LogP contribution in [0, 0.1) is 13.8 Å². The van der Waals surface area contributed by atoms with Crippen molar-refractivity contribution in [3.63, 3.8) is 0 Å². The van der Waals surface area contributed by atoms with Gasteiger partial charge < -0.3 is 5.32 Å². The third-order valence-electron chi connectivity index (χ3n) is 4.96. The summed E-state index contributed by atoms with van der Waals surface area (Å²) in [5.41, 5.74) is 3.52. The van der Waals surface area contributed by atoms with Crippen LogP contribution in [0.5, 0.6) is 0 Å². The van der Waals surface area contributed by atoms with Gasteiger partial charge in [0.25, 0.3) is 5.91 Å². The number of nitrogens with zero attached hydrogens (tertiary/aromatic N) is 5. The van der Waals surface area contributed by atoms with Crippen molar-refractivity contribution in [3.05, 3.63) is 51.8 Å². The van der Waals surface area contributed by atoms with Gasteiger partial charge >= 0.3 is 0 Å². The summed E-state index contributed by atoms with van der Waals surface area (Å²) in [5, 5.41) is 24.1. The van der Waals surface area contributed by atoms with Gasteiger partial charge in [-0.1, -0.05) is 46.4 Å². The maximum absolute atomic E-state index is 12.6. The first kappa shape index (κ1) is 21.4. The van der Waals surface area contributed by atoms with E-state index in [-0.39, 0.29) is 24.4 Å². The van der Waals surface area contributed by atoms with Gasteiger partial charge in [0, 0.05) is 6.42 Å². The van der Waals surface area contributed by atoms with Gasteiger partial charge in [0.05, 0.1) is 11.7 Å². The van der Waals surface area contributed by atoms with Crippen LogP contribution < -0.4 is 10.6 Å². The number of carbonyl (C=O) groups excluding carboxylic acids is 1. The number of nitrogens with one attached hydrogen (secondary N) is 2. The minimum absolute atomic E-state index is 0. The van der Waals surface area contributed by atoms with Gasteiger partial charge in [0.1, 0.15) is 5.01 Å². The van der Waals surface area contributed by atoms with Crippen LogP contribution in [0.2, 0.25) is 0 Å². The number of anilines is 1. The molecule has 0 saturated carbocycles. The predicted molar refractivity (Wildman–Crippen MR) is 115 cm³/mol. The van der Waals surface area contributed by atoms with Crippen molar-refractivity contribution >= 4 is 34.8 Å². The highest BCUT2D eigenvalue weighted by molar-refractivity contribution is 7.15. The molecule has 3 heterocycles. The van der Waals surface area contributed by atoms with Crippen LogP contribution in [0.4, 0.5) is 5.13 Å². The van der Waals surface area contributed by atoms with E-state index in [9.17, 15) is 4.79 Å². The summed E-state index contributed by atoms with van der Waals surface area (Å²) in [6.45, 7) is 5.87. The van der Waals surface area contributed by atoms with Crippen molar-refractivity contribution in [2.75, 3.05) is 18.4 Å². The Morgan fingerprint density at radius 3 is 2.62 bits per heavy atom. The number of piperidine rings is 1. The molecule has 0 bridgehead atoms. The highest BCUT2D eigenvalue weighted by Gasteiger charge is 2.23. The Kier molecular flexibility index (Phi) is 6.94. The van der Waals surface area contributed by atoms with Crippen LogP contribution in [0.3, 0.4) is 0 Å². The van der Waals surface area contributed by atoms with Crippen LogP contribution in [0.1, 0.15) is 51.2 Å². The Hall–Kier alpha value is -2.36. The van der Waals surface area contributed by atoms with Gasteiger partial charge in [0.15, 0.2) is 5.69 Å². The van der Waals surface area contributed by atoms with E-state index in [1.807, 2.05) is 11.6 Å². The van der Waals surface area contributed by atoms with E-state index in [2.05, 4.69) is 62.3 Å². The molecule has 0 unspecified atom stereocenters. The lowest BCUT2D eigenvalue weighted by Gasteiger charge is -2.23. The largest absolute Gasteiger partial charge is 0.317 e. The Morgan fingerprint density at radius 1 is 1.17 bits per heavy atom. The lowest BCUT2D eigenvalue weighted by atomic mass is 10.1. The summed E-state index contributed by atoms with van der Waals surface area (Å²) in [6, 6.07) is 8.61. The molecular weight excluding hydrogens is 410 g/mol. The maximum Gasteiger partial charge on any atom is 0.279 e. The standard InChI is InChI=1S/C19H23N7OS.ClH/c1-12-3-5-14(6-4-12)11-16-22-24-19(28-16)21-18(27)17-13(2)26(25-23-17)15-7-9-20-10-8-15;/h3-6,15,20H,7-11H2,1-2H3,(H,21,24,27);1H. The van der Waals surface area contributed by atoms with Gasteiger partial charge in [-0.25, -0.2) is 4.68 Å². The molecule has 154 valence electrons. The average Bonchev–Trinajstić information content (AvgIpc) is 3.30. The fraction of sp³-hybridized carbons (Fsp3) is 0.421. The molecule has 0 atom stereocenters. The first-order chi connectivity index (χ1) is 13.6. The van der Waals surface area contributed by atoms with Crippen molar-refractivity contribution in [1.29, 1.82) is 0 Å². The Balaban J connectivity index is 0.00000240. The summed E-state index contributed by atoms with van der Waals surface area (Å²) in [5.74, 6) is -0.296. The number of halogens is 1. The van der Waals surface area contributed by atoms with Crippen LogP contribution in [0.15, 0.2) is 24.3 Å². The molecule has 1 aliphatic rings. The minimum Gasteiger partial charge on any atom is -0.317 e. The van der Waals surface area contributed by atoms with Gasteiger partial charge in [0.2, 0.25) is 5.13 Å². The van der Waals surface area contributed by atoms with E-state index in [4.69, 9.17) is 0 Å². The lowest BCUT2D eigenvalue weighted by Crippen LogP contribution is -2.30. The SMILES string of the molecule is Cc1ccc(Cc2nnc(NC(=O)c3nnn(C4CCNCC4)c3C)s2)cc1.Cl. The highest BCUT2D eigenvalue weighted by Crippen LogP contribution is 2.22. The summed E-state index contributed by atoms with van der Waals surface area (Å²) >= 11 is 1.38. The zero-order valence-electron chi connectivity index (χ0n) is 16.4. The number of hydrogen-bond acceptors (Lipinski definition) is 7. The maximum atomic E-state index is 12.6. The monoisotopic (exact) mass is 433 g/mol. The predicted octanol–water partition coefficient (Wildman–Crippen LogP) is 2.94. The second kappa shape index (κ2) is 9.43. The van der Waals surface area contributed by atoms with E-state index >= 15 is 0 Å². The zero-order chi connectivity index (χ0) is 19.5. The van der Waals surface area contributed by atoms with Crippen molar-refractivity contribution < 1.29 is 4.79 Å². The second-order valence-corrected chi connectivity index (χ2v) is 8.13. The molecule has 0 radical (unpaired) electrons. The molecule has 1 amide bonds.